The summed E-state index contributed by atoms with van der Waals surface area (Å²) in [4.78, 5) is 0. The lowest BCUT2D eigenvalue weighted by atomic mass is 10.0. The molecule has 0 nitrogen and oxygen atoms in total. The number of hydrogen-bond donors (Lipinski definition) is 0. The Balaban J connectivity index is 5.18. The minimum Gasteiger partial charge on any atom is -0.0990 e. The molecule has 0 bridgehead atoms. The lowest BCUT2D eigenvalue weighted by molar-refractivity contribution is 1.50. The molecule has 0 saturated carbocycles. The van der Waals surface area contributed by atoms with Crippen LogP contribution in [0.25, 0.3) is 0 Å². The zero-order valence-electron chi connectivity index (χ0n) is 9.90. The van der Waals surface area contributed by atoms with Crippen LogP contribution >= 0.6 is 0 Å². The van der Waals surface area contributed by atoms with Crippen LogP contribution in [-0.4, -0.2) is 0 Å². The molecule has 0 rings (SSSR count). The molecule has 0 amide bonds. The highest BCUT2D eigenvalue weighted by molar-refractivity contribution is 5.49. The molecule has 0 spiro atoms. The van der Waals surface area contributed by atoms with E-state index in [4.69, 9.17) is 0 Å². The molecule has 0 aliphatic carbocycles. The van der Waals surface area contributed by atoms with Gasteiger partial charge in [0.05, 0.1) is 0 Å². The van der Waals surface area contributed by atoms with Crippen molar-refractivity contribution in [1.82, 2.24) is 0 Å². The molecule has 0 N–H and O–H groups in total. The van der Waals surface area contributed by atoms with E-state index >= 15 is 0 Å². The summed E-state index contributed by atoms with van der Waals surface area (Å²) in [5, 5.41) is 0. The molecule has 15 heavy (non-hydrogen) atoms. The first-order valence-electron chi connectivity index (χ1n) is 5.21. The largest absolute Gasteiger partial charge is 0.0990 e. The minimum atomic E-state index is 1.17. The fraction of sp³-hybridized carbons (Fsp3) is 0.200. The molecule has 0 unspecified atom stereocenters. The molecule has 0 aliphatic heterocycles. The maximum absolute atomic E-state index is 3.73. The monoisotopic (exact) mass is 200 g/mol. The Kier molecular flexibility index (Phi) is 8.08. The Morgan fingerprint density at radius 1 is 0.800 bits per heavy atom. The van der Waals surface area contributed by atoms with Gasteiger partial charge in [0.15, 0.2) is 0 Å². The predicted octanol–water partition coefficient (Wildman–Crippen LogP) is 4.75. The first-order chi connectivity index (χ1) is 7.29. The van der Waals surface area contributed by atoms with Gasteiger partial charge in [-0.15, -0.1) is 0 Å². The summed E-state index contributed by atoms with van der Waals surface area (Å²) in [6.07, 6.45) is 18.2. The van der Waals surface area contributed by atoms with Crippen molar-refractivity contribution in [3.8, 4) is 0 Å². The molecule has 80 valence electrons. The van der Waals surface area contributed by atoms with Gasteiger partial charge in [-0.1, -0.05) is 61.3 Å². The van der Waals surface area contributed by atoms with Gasteiger partial charge in [-0.05, 0) is 31.9 Å². The highest BCUT2D eigenvalue weighted by Gasteiger charge is 1.94. The van der Waals surface area contributed by atoms with E-state index in [-0.39, 0.29) is 0 Å². The molecule has 0 radical (unpaired) electrons. The molecule has 0 fully saturated rings. The van der Waals surface area contributed by atoms with Gasteiger partial charge < -0.3 is 0 Å². The Morgan fingerprint density at radius 2 is 1.33 bits per heavy atom. The maximum Gasteiger partial charge on any atom is -0.0188 e. The molecule has 0 atom stereocenters. The second-order valence-corrected chi connectivity index (χ2v) is 3.01. The standard InChI is InChI=1S/C15H20/c1-5-9-13-15(12-8-4)14(10-6-2)11-7-3/h5-13H,2H2,1,3-4H3/b9-5-,11-7-,12-8-,14-10-,15-13-. The smallest absolute Gasteiger partial charge is 0.0188 e. The summed E-state index contributed by atoms with van der Waals surface area (Å²) in [6.45, 7) is 9.77. The van der Waals surface area contributed by atoms with Gasteiger partial charge in [0, 0.05) is 0 Å². The molecular weight excluding hydrogens is 180 g/mol. The van der Waals surface area contributed by atoms with Gasteiger partial charge in [-0.25, -0.2) is 0 Å². The van der Waals surface area contributed by atoms with Crippen LogP contribution in [0.4, 0.5) is 0 Å². The summed E-state index contributed by atoms with van der Waals surface area (Å²) in [7, 11) is 0. The van der Waals surface area contributed by atoms with Crippen LogP contribution in [0.2, 0.25) is 0 Å². The van der Waals surface area contributed by atoms with Crippen molar-refractivity contribution < 1.29 is 0 Å². The van der Waals surface area contributed by atoms with Crippen molar-refractivity contribution in [3.63, 3.8) is 0 Å². The van der Waals surface area contributed by atoms with Crippen molar-refractivity contribution in [2.45, 2.75) is 20.8 Å². The van der Waals surface area contributed by atoms with E-state index in [9.17, 15) is 0 Å². The van der Waals surface area contributed by atoms with Crippen LogP contribution in [0.5, 0.6) is 0 Å². The Bertz CT molecular complexity index is 320. The molecule has 0 aromatic rings. The lowest BCUT2D eigenvalue weighted by Gasteiger charge is -2.01. The highest BCUT2D eigenvalue weighted by Crippen LogP contribution is 2.14. The molecule has 0 saturated heterocycles. The molecular formula is C15H20. The zero-order chi connectivity index (χ0) is 11.5. The van der Waals surface area contributed by atoms with Gasteiger partial charge in [0.2, 0.25) is 0 Å². The van der Waals surface area contributed by atoms with Gasteiger partial charge in [-0.3, -0.25) is 0 Å². The summed E-state index contributed by atoms with van der Waals surface area (Å²) in [5.41, 5.74) is 2.36. The summed E-state index contributed by atoms with van der Waals surface area (Å²) >= 11 is 0. The van der Waals surface area contributed by atoms with Crippen LogP contribution in [-0.2, 0) is 0 Å². The third-order valence-electron chi connectivity index (χ3n) is 1.79. The second kappa shape index (κ2) is 9.01. The average molecular weight is 200 g/mol. The molecule has 0 aliphatic rings. The van der Waals surface area contributed by atoms with Crippen molar-refractivity contribution in [3.05, 3.63) is 72.4 Å². The highest BCUT2D eigenvalue weighted by atomic mass is 14.0. The van der Waals surface area contributed by atoms with E-state index < -0.39 is 0 Å². The molecule has 0 heterocycles. The van der Waals surface area contributed by atoms with Crippen molar-refractivity contribution >= 4 is 0 Å². The SMILES string of the molecule is C=C\C=C(\C=C/C)C(/C=C\C)=C\C=C/C. The third-order valence-corrected chi connectivity index (χ3v) is 1.79. The fourth-order valence-electron chi connectivity index (χ4n) is 1.18. The molecule has 0 aromatic carbocycles. The van der Waals surface area contributed by atoms with E-state index in [0.717, 1.165) is 0 Å². The topological polar surface area (TPSA) is 0 Å². The molecule has 0 heteroatoms. The van der Waals surface area contributed by atoms with E-state index in [1.807, 2.05) is 57.2 Å². The van der Waals surface area contributed by atoms with E-state index in [2.05, 4.69) is 24.8 Å². The summed E-state index contributed by atoms with van der Waals surface area (Å²) in [5.74, 6) is 0. The minimum absolute atomic E-state index is 1.17. The first kappa shape index (κ1) is 13.4. The predicted molar refractivity (Wildman–Crippen MR) is 70.8 cm³/mol. The first-order valence-corrected chi connectivity index (χ1v) is 5.21. The number of allylic oxidation sites excluding steroid dienone is 11. The van der Waals surface area contributed by atoms with E-state index in [1.54, 1.807) is 0 Å². The molecule has 0 aromatic heterocycles. The van der Waals surface area contributed by atoms with Crippen LogP contribution in [0, 0.1) is 0 Å². The van der Waals surface area contributed by atoms with E-state index in [1.165, 1.54) is 11.1 Å². The Morgan fingerprint density at radius 3 is 1.73 bits per heavy atom. The average Bonchev–Trinajstić information content (AvgIpc) is 2.24. The van der Waals surface area contributed by atoms with Gasteiger partial charge >= 0.3 is 0 Å². The number of rotatable bonds is 5. The third kappa shape index (κ3) is 5.69. The van der Waals surface area contributed by atoms with Crippen LogP contribution in [0.3, 0.4) is 0 Å². The lowest BCUT2D eigenvalue weighted by Crippen LogP contribution is -1.82. The number of hydrogen-bond acceptors (Lipinski definition) is 0. The normalized spacial score (nSPS) is 14.6. The van der Waals surface area contributed by atoms with Gasteiger partial charge in [-0.2, -0.15) is 0 Å². The van der Waals surface area contributed by atoms with Crippen molar-refractivity contribution in [1.29, 1.82) is 0 Å². The van der Waals surface area contributed by atoms with Gasteiger partial charge in [0.1, 0.15) is 0 Å². The van der Waals surface area contributed by atoms with Crippen LogP contribution in [0.15, 0.2) is 72.4 Å². The maximum atomic E-state index is 3.73. The Hall–Kier alpha value is -1.56. The summed E-state index contributed by atoms with van der Waals surface area (Å²) < 4.78 is 0. The zero-order valence-corrected chi connectivity index (χ0v) is 9.90. The van der Waals surface area contributed by atoms with E-state index in [0.29, 0.717) is 0 Å². The summed E-state index contributed by atoms with van der Waals surface area (Å²) in [6, 6.07) is 0. The van der Waals surface area contributed by atoms with Crippen molar-refractivity contribution in [2.24, 2.45) is 0 Å². The van der Waals surface area contributed by atoms with Crippen molar-refractivity contribution in [2.75, 3.05) is 0 Å². The second-order valence-electron chi connectivity index (χ2n) is 3.01. The quantitative estimate of drug-likeness (QED) is 0.562. The Labute approximate surface area is 93.7 Å². The van der Waals surface area contributed by atoms with Crippen LogP contribution < -0.4 is 0 Å². The fourth-order valence-corrected chi connectivity index (χ4v) is 1.18. The van der Waals surface area contributed by atoms with Gasteiger partial charge in [0.25, 0.3) is 0 Å². The van der Waals surface area contributed by atoms with Crippen LogP contribution in [0.1, 0.15) is 20.8 Å².